The number of amides is 3. The number of aromatic hydroxyl groups is 1. The third-order valence-corrected chi connectivity index (χ3v) is 5.00. The quantitative estimate of drug-likeness (QED) is 0.0613. The number of nitrogens with two attached hydrogens (primary N) is 3. The van der Waals surface area contributed by atoms with E-state index in [2.05, 4.69) is 20.9 Å². The first-order chi connectivity index (χ1) is 17.4. The molecule has 0 saturated heterocycles. The summed E-state index contributed by atoms with van der Waals surface area (Å²) in [6.07, 6.45) is -0.423. The first-order valence-corrected chi connectivity index (χ1v) is 11.3. The summed E-state index contributed by atoms with van der Waals surface area (Å²) < 4.78 is 0. The molecule has 0 saturated carbocycles. The zero-order valence-electron chi connectivity index (χ0n) is 20.1. The molecule has 0 aliphatic carbocycles. The molecule has 0 heterocycles. The summed E-state index contributed by atoms with van der Waals surface area (Å²) in [5.74, 6) is -5.04. The molecule has 1 aromatic carbocycles. The number of benzene rings is 1. The predicted molar refractivity (Wildman–Crippen MR) is 131 cm³/mol. The molecule has 0 aromatic heterocycles. The van der Waals surface area contributed by atoms with E-state index >= 15 is 0 Å². The lowest BCUT2D eigenvalue weighted by atomic mass is 10.0. The van der Waals surface area contributed by atoms with E-state index in [9.17, 15) is 29.1 Å². The zero-order valence-corrected chi connectivity index (χ0v) is 20.1. The smallest absolute Gasteiger partial charge is 0.322 e. The molecule has 3 unspecified atom stereocenters. The van der Waals surface area contributed by atoms with Gasteiger partial charge in [-0.15, -0.1) is 0 Å². The van der Waals surface area contributed by atoms with E-state index in [0.29, 0.717) is 5.56 Å². The second-order valence-corrected chi connectivity index (χ2v) is 8.09. The number of phenolic OH excluding ortho intramolecular Hbond substituents is 1. The Hall–Kier alpha value is -4.40. The number of carboxylic acids is 2. The molecule has 15 nitrogen and oxygen atoms in total. The number of hydrogen-bond acceptors (Lipinski definition) is 8. The van der Waals surface area contributed by atoms with Crippen LogP contribution in [-0.4, -0.2) is 82.2 Å². The lowest BCUT2D eigenvalue weighted by Crippen LogP contribution is -2.56. The molecule has 15 heteroatoms. The topological polar surface area (TPSA) is 273 Å². The molecule has 3 amide bonds. The van der Waals surface area contributed by atoms with Gasteiger partial charge in [-0.2, -0.15) is 0 Å². The van der Waals surface area contributed by atoms with E-state index in [1.807, 2.05) is 0 Å². The maximum absolute atomic E-state index is 13.0. The third-order valence-electron chi connectivity index (χ3n) is 5.00. The average Bonchev–Trinajstić information content (AvgIpc) is 2.82. The average molecular weight is 524 g/mol. The SMILES string of the molecule is NC(N)=NCCCC(NC(=O)C(CCC(=O)O)NC(=O)C(N)Cc1ccc(O)cc1)C(=O)NCC(=O)O. The predicted octanol–water partition coefficient (Wildman–Crippen LogP) is -2.65. The standard InChI is InChI=1S/C22H33N7O8/c23-14(10-12-3-5-13(30)6-4-12)19(35)28-16(7-8-17(31)32)21(37)29-15(2-1-9-26-22(24)25)20(36)27-11-18(33)34/h3-6,14-16,30H,1-2,7-11,23H2,(H,27,36)(H,28,35)(H,29,37)(H,31,32)(H,33,34)(H4,24,25,26). The van der Waals surface area contributed by atoms with Gasteiger partial charge in [-0.25, -0.2) is 0 Å². The highest BCUT2D eigenvalue weighted by Gasteiger charge is 2.28. The van der Waals surface area contributed by atoms with Crippen LogP contribution in [0.25, 0.3) is 0 Å². The van der Waals surface area contributed by atoms with Crippen LogP contribution in [0, 0.1) is 0 Å². The van der Waals surface area contributed by atoms with Crippen LogP contribution in [0.1, 0.15) is 31.2 Å². The summed E-state index contributed by atoms with van der Waals surface area (Å²) >= 11 is 0. The summed E-state index contributed by atoms with van der Waals surface area (Å²) in [6.45, 7) is -0.559. The number of carbonyl (C=O) groups is 5. The third kappa shape index (κ3) is 12.7. The van der Waals surface area contributed by atoms with Gasteiger partial charge in [0.2, 0.25) is 17.7 Å². The Balaban J connectivity index is 2.93. The maximum Gasteiger partial charge on any atom is 0.322 e. The highest BCUT2D eigenvalue weighted by molar-refractivity contribution is 5.94. The summed E-state index contributed by atoms with van der Waals surface area (Å²) in [6, 6.07) is 2.33. The number of aliphatic imine (C=N–C) groups is 1. The van der Waals surface area contributed by atoms with E-state index in [-0.39, 0.29) is 43.9 Å². The number of nitrogens with zero attached hydrogens (tertiary/aromatic N) is 1. The zero-order chi connectivity index (χ0) is 28.0. The summed E-state index contributed by atoms with van der Waals surface area (Å²) in [4.78, 5) is 63.7. The monoisotopic (exact) mass is 523 g/mol. The van der Waals surface area contributed by atoms with Crippen LogP contribution in [0.3, 0.4) is 0 Å². The number of carboxylic acid groups (broad SMARTS) is 2. The number of rotatable bonds is 16. The minimum atomic E-state index is -1.35. The van der Waals surface area contributed by atoms with Crippen molar-refractivity contribution in [1.82, 2.24) is 16.0 Å². The van der Waals surface area contributed by atoms with E-state index in [4.69, 9.17) is 27.4 Å². The van der Waals surface area contributed by atoms with Crippen LogP contribution < -0.4 is 33.2 Å². The Labute approximate surface area is 212 Å². The number of aliphatic carboxylic acids is 2. The molecule has 0 bridgehead atoms. The van der Waals surface area contributed by atoms with Crippen LogP contribution in [-0.2, 0) is 30.4 Å². The van der Waals surface area contributed by atoms with E-state index < -0.39 is 60.8 Å². The Morgan fingerprint density at radius 2 is 1.46 bits per heavy atom. The molecule has 12 N–H and O–H groups in total. The number of hydrogen-bond donors (Lipinski definition) is 9. The van der Waals surface area contributed by atoms with Gasteiger partial charge < -0.3 is 48.5 Å². The Morgan fingerprint density at radius 1 is 0.865 bits per heavy atom. The number of phenols is 1. The normalized spacial score (nSPS) is 12.9. The van der Waals surface area contributed by atoms with Gasteiger partial charge in [-0.3, -0.25) is 29.0 Å². The van der Waals surface area contributed by atoms with Crippen molar-refractivity contribution in [2.75, 3.05) is 13.1 Å². The second kappa shape index (κ2) is 15.6. The molecule has 0 radical (unpaired) electrons. The van der Waals surface area contributed by atoms with Crippen LogP contribution in [0.15, 0.2) is 29.3 Å². The lowest BCUT2D eigenvalue weighted by Gasteiger charge is -2.24. The highest BCUT2D eigenvalue weighted by Crippen LogP contribution is 2.11. The summed E-state index contributed by atoms with van der Waals surface area (Å²) in [5.41, 5.74) is 17.1. The fourth-order valence-corrected chi connectivity index (χ4v) is 3.12. The molecule has 37 heavy (non-hydrogen) atoms. The van der Waals surface area contributed by atoms with Gasteiger partial charge in [0, 0.05) is 13.0 Å². The van der Waals surface area contributed by atoms with Gasteiger partial charge in [0.1, 0.15) is 24.4 Å². The number of guanidine groups is 1. The molecule has 0 spiro atoms. The van der Waals surface area contributed by atoms with E-state index in [1.54, 1.807) is 12.1 Å². The van der Waals surface area contributed by atoms with Gasteiger partial charge in [0.25, 0.3) is 0 Å². The van der Waals surface area contributed by atoms with Crippen molar-refractivity contribution < 1.29 is 39.3 Å². The Bertz CT molecular complexity index is 980. The molecule has 0 aliphatic rings. The summed E-state index contributed by atoms with van der Waals surface area (Å²) in [7, 11) is 0. The Morgan fingerprint density at radius 3 is 2.03 bits per heavy atom. The van der Waals surface area contributed by atoms with Gasteiger partial charge >= 0.3 is 11.9 Å². The number of nitrogens with one attached hydrogen (secondary N) is 3. The van der Waals surface area contributed by atoms with Crippen molar-refractivity contribution >= 4 is 35.6 Å². The molecular weight excluding hydrogens is 490 g/mol. The van der Waals surface area contributed by atoms with Crippen molar-refractivity contribution in [3.05, 3.63) is 29.8 Å². The largest absolute Gasteiger partial charge is 0.508 e. The van der Waals surface area contributed by atoms with Crippen molar-refractivity contribution in [2.24, 2.45) is 22.2 Å². The molecule has 1 rings (SSSR count). The fraction of sp³-hybridized carbons (Fsp3) is 0.455. The van der Waals surface area contributed by atoms with Crippen molar-refractivity contribution in [2.45, 2.75) is 50.2 Å². The van der Waals surface area contributed by atoms with E-state index in [1.165, 1.54) is 12.1 Å². The summed E-state index contributed by atoms with van der Waals surface area (Å²) in [5, 5.41) is 34.2. The van der Waals surface area contributed by atoms with Gasteiger partial charge in [0.15, 0.2) is 5.96 Å². The first kappa shape index (κ1) is 30.6. The van der Waals surface area contributed by atoms with Crippen molar-refractivity contribution in [3.8, 4) is 5.75 Å². The minimum Gasteiger partial charge on any atom is -0.508 e. The number of carbonyl (C=O) groups excluding carboxylic acids is 3. The molecule has 1 aromatic rings. The maximum atomic E-state index is 13.0. The van der Waals surface area contributed by atoms with Gasteiger partial charge in [-0.05, 0) is 43.4 Å². The molecule has 3 atom stereocenters. The van der Waals surface area contributed by atoms with Crippen LogP contribution >= 0.6 is 0 Å². The van der Waals surface area contributed by atoms with Crippen molar-refractivity contribution in [1.29, 1.82) is 0 Å². The molecular formula is C22H33N7O8. The lowest BCUT2D eigenvalue weighted by molar-refractivity contribution is -0.138. The van der Waals surface area contributed by atoms with Gasteiger partial charge in [0.05, 0.1) is 6.04 Å². The highest BCUT2D eigenvalue weighted by atomic mass is 16.4. The fourth-order valence-electron chi connectivity index (χ4n) is 3.12. The first-order valence-electron chi connectivity index (χ1n) is 11.3. The molecule has 0 fully saturated rings. The second-order valence-electron chi connectivity index (χ2n) is 8.09. The van der Waals surface area contributed by atoms with E-state index in [0.717, 1.165) is 0 Å². The van der Waals surface area contributed by atoms with Crippen LogP contribution in [0.4, 0.5) is 0 Å². The van der Waals surface area contributed by atoms with Crippen LogP contribution in [0.5, 0.6) is 5.75 Å². The van der Waals surface area contributed by atoms with Gasteiger partial charge in [-0.1, -0.05) is 12.1 Å². The Kier molecular flexibility index (Phi) is 12.9. The molecule has 0 aliphatic heterocycles. The minimum absolute atomic E-state index is 0.0218. The molecule has 204 valence electrons. The van der Waals surface area contributed by atoms with Crippen molar-refractivity contribution in [3.63, 3.8) is 0 Å². The van der Waals surface area contributed by atoms with Crippen LogP contribution in [0.2, 0.25) is 0 Å².